The van der Waals surface area contributed by atoms with Crippen molar-refractivity contribution >= 4 is 14.1 Å². The van der Waals surface area contributed by atoms with Gasteiger partial charge in [0.25, 0.3) is 0 Å². The number of benzene rings is 1. The monoisotopic (exact) mass is 192 g/mol. The lowest BCUT2D eigenvalue weighted by molar-refractivity contribution is -0.0475. The van der Waals surface area contributed by atoms with Gasteiger partial charge in [-0.2, -0.15) is 0 Å². The summed E-state index contributed by atoms with van der Waals surface area (Å²) in [4.78, 5) is 4.91. The second-order valence-corrected chi connectivity index (χ2v) is 2.93. The van der Waals surface area contributed by atoms with E-state index < -0.39 is 0 Å². The van der Waals surface area contributed by atoms with E-state index in [9.17, 15) is 5.21 Å². The molecule has 0 bridgehead atoms. The van der Waals surface area contributed by atoms with Crippen LogP contribution >= 0.6 is 0 Å². The molecule has 0 saturated carbocycles. The van der Waals surface area contributed by atoms with Crippen molar-refractivity contribution in [2.45, 2.75) is 13.0 Å². The molecule has 1 aliphatic rings. The zero-order valence-electron chi connectivity index (χ0n) is 7.68. The van der Waals surface area contributed by atoms with Crippen LogP contribution in [0.25, 0.3) is 0 Å². The first-order chi connectivity index (χ1) is 6.33. The molecule has 0 unspecified atom stereocenters. The number of nitrogens with zero attached hydrogens (tertiary/aromatic N) is 1. The van der Waals surface area contributed by atoms with Gasteiger partial charge in [-0.1, -0.05) is 12.1 Å². The molecule has 0 spiro atoms. The number of aliphatic hydroxyl groups is 1. The van der Waals surface area contributed by atoms with Gasteiger partial charge in [-0.25, -0.2) is 4.84 Å². The predicted octanol–water partition coefficient (Wildman–Crippen LogP) is 0.481. The summed E-state index contributed by atoms with van der Waals surface area (Å²) in [6.45, 7) is 0.442. The SMILES string of the molecule is OCc1cccc2c1CCON2O.[B]. The van der Waals surface area contributed by atoms with Crippen LogP contribution in [0.1, 0.15) is 11.1 Å². The number of hydrogen-bond acceptors (Lipinski definition) is 4. The van der Waals surface area contributed by atoms with Gasteiger partial charge in [0.05, 0.1) is 18.9 Å². The van der Waals surface area contributed by atoms with E-state index in [1.807, 2.05) is 6.07 Å². The molecule has 2 N–H and O–H groups in total. The molecule has 4 nitrogen and oxygen atoms in total. The Morgan fingerprint density at radius 1 is 1.43 bits per heavy atom. The van der Waals surface area contributed by atoms with Gasteiger partial charge >= 0.3 is 0 Å². The first-order valence-corrected chi connectivity index (χ1v) is 4.16. The molecule has 1 aliphatic heterocycles. The Balaban J connectivity index is 0.000000980. The van der Waals surface area contributed by atoms with E-state index in [1.54, 1.807) is 12.1 Å². The van der Waals surface area contributed by atoms with E-state index in [0.29, 0.717) is 12.3 Å². The highest BCUT2D eigenvalue weighted by Crippen LogP contribution is 2.27. The molecule has 1 aromatic rings. The molecule has 0 aliphatic carbocycles. The van der Waals surface area contributed by atoms with Crippen LogP contribution in [0.4, 0.5) is 5.69 Å². The van der Waals surface area contributed by atoms with Crippen molar-refractivity contribution < 1.29 is 15.2 Å². The van der Waals surface area contributed by atoms with Crippen molar-refractivity contribution in [3.8, 4) is 0 Å². The summed E-state index contributed by atoms with van der Waals surface area (Å²) in [6, 6.07) is 5.38. The fourth-order valence-corrected chi connectivity index (χ4v) is 1.54. The molecule has 2 rings (SSSR count). The standard InChI is InChI=1S/C9H11NO3.B/c11-6-7-2-1-3-9-8(7)4-5-13-10(9)12;/h1-3,11-12H,4-6H2;. The Morgan fingerprint density at radius 3 is 2.93 bits per heavy atom. The van der Waals surface area contributed by atoms with E-state index in [-0.39, 0.29) is 15.0 Å². The number of rotatable bonds is 1. The minimum absolute atomic E-state index is 0. The van der Waals surface area contributed by atoms with Crippen LogP contribution in [0.2, 0.25) is 0 Å². The van der Waals surface area contributed by atoms with Gasteiger partial charge in [0.15, 0.2) is 0 Å². The maximum Gasteiger partial charge on any atom is 0.0981 e. The smallest absolute Gasteiger partial charge is 0.0981 e. The normalized spacial score (nSPS) is 14.6. The van der Waals surface area contributed by atoms with Gasteiger partial charge in [0.1, 0.15) is 0 Å². The van der Waals surface area contributed by atoms with Crippen molar-refractivity contribution in [1.82, 2.24) is 0 Å². The topological polar surface area (TPSA) is 52.9 Å². The first kappa shape index (κ1) is 11.0. The molecule has 5 heteroatoms. The van der Waals surface area contributed by atoms with Crippen LogP contribution in [0.3, 0.4) is 0 Å². The quantitative estimate of drug-likeness (QED) is 0.635. The third-order valence-corrected chi connectivity index (χ3v) is 2.19. The highest BCUT2D eigenvalue weighted by molar-refractivity contribution is 5.75. The lowest BCUT2D eigenvalue weighted by Gasteiger charge is -2.25. The number of fused-ring (bicyclic) bond motifs is 1. The lowest BCUT2D eigenvalue weighted by atomic mass is 10.0. The van der Waals surface area contributed by atoms with Gasteiger partial charge in [0.2, 0.25) is 0 Å². The maximum atomic E-state index is 9.31. The number of anilines is 1. The van der Waals surface area contributed by atoms with Gasteiger partial charge in [-0.15, -0.1) is 5.23 Å². The van der Waals surface area contributed by atoms with E-state index in [4.69, 9.17) is 9.94 Å². The second-order valence-electron chi connectivity index (χ2n) is 2.93. The van der Waals surface area contributed by atoms with Gasteiger partial charge in [-0.3, -0.25) is 5.21 Å². The van der Waals surface area contributed by atoms with Gasteiger partial charge in [0, 0.05) is 14.8 Å². The third-order valence-electron chi connectivity index (χ3n) is 2.19. The van der Waals surface area contributed by atoms with Crippen LogP contribution in [-0.2, 0) is 17.9 Å². The minimum atomic E-state index is -0.00296. The average Bonchev–Trinajstić information content (AvgIpc) is 2.18. The molecule has 1 heterocycles. The van der Waals surface area contributed by atoms with Crippen LogP contribution in [0.15, 0.2) is 18.2 Å². The number of hydrogen-bond donors (Lipinski definition) is 2. The maximum absolute atomic E-state index is 9.31. The molecule has 0 saturated heterocycles. The van der Waals surface area contributed by atoms with Crippen molar-refractivity contribution in [3.05, 3.63) is 29.3 Å². The molecule has 3 radical (unpaired) electrons. The van der Waals surface area contributed by atoms with Crippen molar-refractivity contribution in [1.29, 1.82) is 0 Å². The van der Waals surface area contributed by atoms with E-state index >= 15 is 0 Å². The van der Waals surface area contributed by atoms with Crippen LogP contribution < -0.4 is 5.23 Å². The number of aliphatic hydroxyl groups excluding tert-OH is 1. The predicted molar refractivity (Wildman–Crippen MR) is 52.0 cm³/mol. The molecule has 73 valence electrons. The van der Waals surface area contributed by atoms with E-state index in [0.717, 1.165) is 22.8 Å². The van der Waals surface area contributed by atoms with Crippen LogP contribution in [0, 0.1) is 0 Å². The Kier molecular flexibility index (Phi) is 3.52. The molecule has 0 fully saturated rings. The molecule has 1 aromatic carbocycles. The zero-order valence-corrected chi connectivity index (χ0v) is 7.68. The highest BCUT2D eigenvalue weighted by Gasteiger charge is 2.18. The minimum Gasteiger partial charge on any atom is -0.392 e. The Hall–Kier alpha value is -1.04. The Labute approximate surface area is 84.2 Å². The first-order valence-electron chi connectivity index (χ1n) is 4.16. The molecule has 0 atom stereocenters. The molecule has 14 heavy (non-hydrogen) atoms. The Morgan fingerprint density at radius 2 is 2.21 bits per heavy atom. The highest BCUT2D eigenvalue weighted by atomic mass is 16.9. The largest absolute Gasteiger partial charge is 0.392 e. The second kappa shape index (κ2) is 4.46. The van der Waals surface area contributed by atoms with Crippen LogP contribution in [0.5, 0.6) is 0 Å². The summed E-state index contributed by atoms with van der Waals surface area (Å²) in [5, 5.41) is 19.1. The van der Waals surface area contributed by atoms with Gasteiger partial charge < -0.3 is 5.11 Å². The lowest BCUT2D eigenvalue weighted by Crippen LogP contribution is -2.26. The molecular weight excluding hydrogens is 181 g/mol. The summed E-state index contributed by atoms with van der Waals surface area (Å²) in [5.74, 6) is 0. The molecular formula is C9H11BNO3. The van der Waals surface area contributed by atoms with E-state index in [2.05, 4.69) is 0 Å². The fraction of sp³-hybridized carbons (Fsp3) is 0.333. The summed E-state index contributed by atoms with van der Waals surface area (Å²) in [6.07, 6.45) is 0.725. The fourth-order valence-electron chi connectivity index (χ4n) is 1.54. The third kappa shape index (κ3) is 1.75. The van der Waals surface area contributed by atoms with E-state index in [1.165, 1.54) is 0 Å². The Bertz CT molecular complexity index is 319. The van der Waals surface area contributed by atoms with Crippen molar-refractivity contribution in [2.24, 2.45) is 0 Å². The van der Waals surface area contributed by atoms with Crippen molar-refractivity contribution in [2.75, 3.05) is 11.8 Å². The van der Waals surface area contributed by atoms with Crippen molar-refractivity contribution in [3.63, 3.8) is 0 Å². The average molecular weight is 192 g/mol. The zero-order chi connectivity index (χ0) is 9.26. The summed E-state index contributed by atoms with van der Waals surface area (Å²) < 4.78 is 0. The summed E-state index contributed by atoms with van der Waals surface area (Å²) in [5.41, 5.74) is 2.43. The van der Waals surface area contributed by atoms with Crippen LogP contribution in [-0.4, -0.2) is 25.3 Å². The summed E-state index contributed by atoms with van der Waals surface area (Å²) in [7, 11) is 0. The summed E-state index contributed by atoms with van der Waals surface area (Å²) >= 11 is 0. The molecule has 0 aromatic heterocycles. The van der Waals surface area contributed by atoms with Gasteiger partial charge in [-0.05, 0) is 17.2 Å². The molecule has 0 amide bonds.